The van der Waals surface area contributed by atoms with Crippen LogP contribution in [0, 0.1) is 23.7 Å². The molecule has 0 spiro atoms. The fourth-order valence-electron chi connectivity index (χ4n) is 3.13. The Labute approximate surface area is 81.9 Å². The van der Waals surface area contributed by atoms with Crippen molar-refractivity contribution in [2.45, 2.75) is 52.7 Å². The highest BCUT2D eigenvalue weighted by atomic mass is 16.5. The maximum absolute atomic E-state index is 6.02. The van der Waals surface area contributed by atoms with Gasteiger partial charge in [-0.2, -0.15) is 0 Å². The lowest BCUT2D eigenvalue weighted by Crippen LogP contribution is -2.32. The molecule has 1 heteroatoms. The van der Waals surface area contributed by atoms with Crippen LogP contribution >= 0.6 is 0 Å². The van der Waals surface area contributed by atoms with Crippen LogP contribution in [0.5, 0.6) is 0 Å². The topological polar surface area (TPSA) is 9.23 Å². The minimum atomic E-state index is 0.588. The first kappa shape index (κ1) is 9.51. The van der Waals surface area contributed by atoms with Crippen molar-refractivity contribution in [3.8, 4) is 0 Å². The zero-order valence-corrected chi connectivity index (χ0v) is 9.29. The zero-order chi connectivity index (χ0) is 9.59. The SMILES string of the molecule is CC(C)C1CC2CC(C(C)C)C1O2. The second-order valence-electron chi connectivity index (χ2n) is 5.51. The molecule has 0 aliphatic carbocycles. The van der Waals surface area contributed by atoms with Crippen LogP contribution in [0.3, 0.4) is 0 Å². The maximum atomic E-state index is 6.02. The summed E-state index contributed by atoms with van der Waals surface area (Å²) >= 11 is 0. The van der Waals surface area contributed by atoms with Crippen LogP contribution in [0.4, 0.5) is 0 Å². The second-order valence-corrected chi connectivity index (χ2v) is 5.51. The Morgan fingerprint density at radius 1 is 0.923 bits per heavy atom. The van der Waals surface area contributed by atoms with Crippen molar-refractivity contribution < 1.29 is 4.74 Å². The van der Waals surface area contributed by atoms with E-state index in [0.717, 1.165) is 23.7 Å². The third kappa shape index (κ3) is 1.52. The largest absolute Gasteiger partial charge is 0.374 e. The number of rotatable bonds is 2. The van der Waals surface area contributed by atoms with Crippen LogP contribution in [-0.2, 0) is 4.74 Å². The van der Waals surface area contributed by atoms with Crippen LogP contribution < -0.4 is 0 Å². The fourth-order valence-corrected chi connectivity index (χ4v) is 3.13. The van der Waals surface area contributed by atoms with E-state index in [1.165, 1.54) is 12.8 Å². The lowest BCUT2D eigenvalue weighted by atomic mass is 9.72. The molecule has 2 rings (SSSR count). The van der Waals surface area contributed by atoms with E-state index in [9.17, 15) is 0 Å². The molecule has 0 N–H and O–H groups in total. The standard InChI is InChI=1S/C12H22O/c1-7(2)10-5-9-6-11(8(3)4)12(10)13-9/h7-12H,5-6H2,1-4H3. The Hall–Kier alpha value is -0.0400. The van der Waals surface area contributed by atoms with Crippen LogP contribution in [0.25, 0.3) is 0 Å². The van der Waals surface area contributed by atoms with Crippen molar-refractivity contribution in [3.63, 3.8) is 0 Å². The van der Waals surface area contributed by atoms with E-state index in [4.69, 9.17) is 4.74 Å². The minimum Gasteiger partial charge on any atom is -0.374 e. The summed E-state index contributed by atoms with van der Waals surface area (Å²) in [7, 11) is 0. The monoisotopic (exact) mass is 182 g/mol. The molecule has 2 saturated heterocycles. The molecular formula is C12H22O. The Kier molecular flexibility index (Phi) is 2.39. The van der Waals surface area contributed by atoms with Crippen LogP contribution in [0.2, 0.25) is 0 Å². The Morgan fingerprint density at radius 3 is 1.69 bits per heavy atom. The molecule has 0 radical (unpaired) electrons. The van der Waals surface area contributed by atoms with Crippen LogP contribution in [0.1, 0.15) is 40.5 Å². The van der Waals surface area contributed by atoms with E-state index in [0.29, 0.717) is 12.2 Å². The van der Waals surface area contributed by atoms with Gasteiger partial charge in [-0.3, -0.25) is 0 Å². The van der Waals surface area contributed by atoms with E-state index in [2.05, 4.69) is 27.7 Å². The van der Waals surface area contributed by atoms with Gasteiger partial charge in [-0.25, -0.2) is 0 Å². The molecular weight excluding hydrogens is 160 g/mol. The van der Waals surface area contributed by atoms with E-state index in [1.54, 1.807) is 0 Å². The van der Waals surface area contributed by atoms with E-state index >= 15 is 0 Å². The van der Waals surface area contributed by atoms with Crippen molar-refractivity contribution in [1.29, 1.82) is 0 Å². The van der Waals surface area contributed by atoms with Crippen molar-refractivity contribution >= 4 is 0 Å². The molecule has 0 amide bonds. The maximum Gasteiger partial charge on any atom is 0.0641 e. The van der Waals surface area contributed by atoms with Crippen LogP contribution in [-0.4, -0.2) is 12.2 Å². The smallest absolute Gasteiger partial charge is 0.0641 e. The second kappa shape index (κ2) is 3.27. The van der Waals surface area contributed by atoms with Crippen molar-refractivity contribution in [2.24, 2.45) is 23.7 Å². The van der Waals surface area contributed by atoms with Gasteiger partial charge < -0.3 is 4.74 Å². The molecule has 0 aromatic heterocycles. The summed E-state index contributed by atoms with van der Waals surface area (Å²) in [4.78, 5) is 0. The van der Waals surface area contributed by atoms with E-state index < -0.39 is 0 Å². The summed E-state index contributed by atoms with van der Waals surface area (Å²) in [6.07, 6.45) is 3.84. The molecule has 1 nitrogen and oxygen atoms in total. The first-order valence-electron chi connectivity index (χ1n) is 5.75. The lowest BCUT2D eigenvalue weighted by molar-refractivity contribution is 0.0562. The van der Waals surface area contributed by atoms with Gasteiger partial charge in [0, 0.05) is 0 Å². The highest BCUT2D eigenvalue weighted by molar-refractivity contribution is 4.97. The molecule has 0 aromatic rings. The van der Waals surface area contributed by atoms with Gasteiger partial charge in [0.1, 0.15) is 0 Å². The molecule has 2 aliphatic rings. The number of hydrogen-bond donors (Lipinski definition) is 0. The van der Waals surface area contributed by atoms with Gasteiger partial charge in [0.05, 0.1) is 12.2 Å². The predicted molar refractivity (Wildman–Crippen MR) is 54.6 cm³/mol. The Morgan fingerprint density at radius 2 is 1.38 bits per heavy atom. The van der Waals surface area contributed by atoms with Gasteiger partial charge in [-0.1, -0.05) is 27.7 Å². The minimum absolute atomic E-state index is 0.588. The summed E-state index contributed by atoms with van der Waals surface area (Å²) in [5.74, 6) is 3.28. The first-order chi connectivity index (χ1) is 6.09. The van der Waals surface area contributed by atoms with Gasteiger partial charge in [0.25, 0.3) is 0 Å². The number of fused-ring (bicyclic) bond motifs is 2. The van der Waals surface area contributed by atoms with Crippen molar-refractivity contribution in [2.75, 3.05) is 0 Å². The van der Waals surface area contributed by atoms with Gasteiger partial charge in [-0.05, 0) is 36.5 Å². The molecule has 76 valence electrons. The number of ether oxygens (including phenoxy) is 1. The summed E-state index contributed by atoms with van der Waals surface area (Å²) in [6, 6.07) is 0. The van der Waals surface area contributed by atoms with Gasteiger partial charge in [-0.15, -0.1) is 0 Å². The molecule has 2 aliphatic heterocycles. The molecule has 0 saturated carbocycles. The van der Waals surface area contributed by atoms with Crippen molar-refractivity contribution in [1.82, 2.24) is 0 Å². The summed E-state index contributed by atoms with van der Waals surface area (Å²) in [5.41, 5.74) is 0. The Balaban J connectivity index is 2.06. The average Bonchev–Trinajstić information content (AvgIpc) is 2.60. The summed E-state index contributed by atoms with van der Waals surface area (Å²) in [6.45, 7) is 9.36. The van der Waals surface area contributed by atoms with Gasteiger partial charge in [0.15, 0.2) is 0 Å². The highest BCUT2D eigenvalue weighted by Crippen LogP contribution is 2.48. The molecule has 2 fully saturated rings. The molecule has 2 unspecified atom stereocenters. The third-order valence-corrected chi connectivity index (χ3v) is 3.98. The third-order valence-electron chi connectivity index (χ3n) is 3.98. The first-order valence-corrected chi connectivity index (χ1v) is 5.75. The highest BCUT2D eigenvalue weighted by Gasteiger charge is 2.48. The summed E-state index contributed by atoms with van der Waals surface area (Å²) in [5, 5.41) is 0. The number of hydrogen-bond acceptors (Lipinski definition) is 1. The quantitative estimate of drug-likeness (QED) is 0.637. The van der Waals surface area contributed by atoms with E-state index in [-0.39, 0.29) is 0 Å². The molecule has 13 heavy (non-hydrogen) atoms. The predicted octanol–water partition coefficient (Wildman–Crippen LogP) is 3.09. The molecule has 2 heterocycles. The Bertz CT molecular complexity index is 168. The zero-order valence-electron chi connectivity index (χ0n) is 9.29. The van der Waals surface area contributed by atoms with Crippen molar-refractivity contribution in [3.05, 3.63) is 0 Å². The average molecular weight is 182 g/mol. The lowest BCUT2D eigenvalue weighted by Gasteiger charge is -2.31. The van der Waals surface area contributed by atoms with Gasteiger partial charge in [0.2, 0.25) is 0 Å². The van der Waals surface area contributed by atoms with Crippen LogP contribution in [0.15, 0.2) is 0 Å². The molecule has 2 bridgehead atoms. The summed E-state index contributed by atoms with van der Waals surface area (Å²) < 4.78 is 6.02. The fraction of sp³-hybridized carbons (Fsp3) is 1.00. The van der Waals surface area contributed by atoms with E-state index in [1.807, 2.05) is 0 Å². The molecule has 0 aromatic carbocycles. The normalized spacial score (nSPS) is 43.8. The van der Waals surface area contributed by atoms with Gasteiger partial charge >= 0.3 is 0 Å². The molecule has 2 atom stereocenters.